The lowest BCUT2D eigenvalue weighted by Gasteiger charge is -2.03. The van der Waals surface area contributed by atoms with Gasteiger partial charge in [0.15, 0.2) is 0 Å². The molecule has 12 heteroatoms. The molecule has 0 unspecified atom stereocenters. The van der Waals surface area contributed by atoms with Gasteiger partial charge in [-0.15, -0.1) is 0 Å². The van der Waals surface area contributed by atoms with E-state index in [0.717, 1.165) is 18.3 Å². The first-order valence-corrected chi connectivity index (χ1v) is 15.0. The maximum Gasteiger partial charge on any atom is 0.261 e. The quantitative estimate of drug-likeness (QED) is 0.251. The maximum atomic E-state index is 13.1. The Morgan fingerprint density at radius 3 is 0.591 bits per heavy atom. The van der Waals surface area contributed by atoms with Crippen molar-refractivity contribution in [2.75, 3.05) is 0 Å². The Morgan fingerprint density at radius 2 is 0.432 bits per heavy atom. The average Bonchev–Trinajstić information content (AvgIpc) is 3.58. The highest BCUT2D eigenvalue weighted by molar-refractivity contribution is 5.98. The van der Waals surface area contributed by atoms with Crippen LogP contribution in [0.15, 0.2) is 62.6 Å². The largest absolute Gasteiger partial charge is 0.274 e. The molecular formula is C32H28N4O8. The highest BCUT2D eigenvalue weighted by Crippen LogP contribution is 2.17. The second kappa shape index (κ2) is 10.3. The zero-order valence-corrected chi connectivity index (χ0v) is 23.8. The number of hydrogen-bond acceptors (Lipinski definition) is 8. The fourth-order valence-electron chi connectivity index (χ4n) is 6.75. The van der Waals surface area contributed by atoms with Crippen LogP contribution in [0.25, 0.3) is 43.1 Å². The zero-order valence-electron chi connectivity index (χ0n) is 23.8. The summed E-state index contributed by atoms with van der Waals surface area (Å²) in [5.41, 5.74) is -3.96. The Hall–Kier alpha value is -5.00. The van der Waals surface area contributed by atoms with Crippen LogP contribution in [0, 0.1) is 0 Å². The molecule has 0 amide bonds. The lowest BCUT2D eigenvalue weighted by atomic mass is 10.1. The summed E-state index contributed by atoms with van der Waals surface area (Å²) in [6, 6.07) is 5.43. The summed E-state index contributed by atoms with van der Waals surface area (Å²) in [7, 11) is 0. The predicted octanol–water partition coefficient (Wildman–Crippen LogP) is 0.973. The number of nitrogens with zero attached hydrogens (tertiary/aromatic N) is 4. The van der Waals surface area contributed by atoms with Crippen LogP contribution >= 0.6 is 0 Å². The zero-order chi connectivity index (χ0) is 30.9. The standard InChI is InChI=1S/C32H28N4O8/c37-25-17-13-21-22-14-18(17)26(38)33(25)9-5-1-2-6-10-34-27(39)19-15-23-24(16-20(19)28(34)40)32(44)36(31(23)43)12-8-4-3-7-11-35(29(21)41)30(22)42/h13-16H,1-12H2. The minimum absolute atomic E-state index is 0.116. The predicted molar refractivity (Wildman–Crippen MR) is 167 cm³/mol. The van der Waals surface area contributed by atoms with Crippen molar-refractivity contribution >= 4 is 43.1 Å². The third-order valence-corrected chi connectivity index (χ3v) is 9.15. The number of rotatable bonds is 0. The Labute approximate surface area is 246 Å². The average molecular weight is 597 g/mol. The van der Waals surface area contributed by atoms with Crippen LogP contribution in [-0.2, 0) is 26.2 Å². The molecule has 4 aliphatic rings. The fraction of sp³-hybridized carbons (Fsp3) is 0.375. The van der Waals surface area contributed by atoms with E-state index >= 15 is 0 Å². The van der Waals surface area contributed by atoms with Gasteiger partial charge in [0.1, 0.15) is 0 Å². The Bertz CT molecular complexity index is 2070. The molecular weight excluding hydrogens is 568 g/mol. The highest BCUT2D eigenvalue weighted by Gasteiger charge is 2.21. The van der Waals surface area contributed by atoms with E-state index in [2.05, 4.69) is 0 Å². The molecule has 12 bridgehead atoms. The first-order chi connectivity index (χ1) is 21.2. The van der Waals surface area contributed by atoms with Gasteiger partial charge in [-0.2, -0.15) is 0 Å². The molecule has 0 atom stereocenters. The van der Waals surface area contributed by atoms with Gasteiger partial charge < -0.3 is 0 Å². The summed E-state index contributed by atoms with van der Waals surface area (Å²) in [6.07, 6.45) is 4.44. The van der Waals surface area contributed by atoms with Crippen molar-refractivity contribution in [3.8, 4) is 0 Å². The van der Waals surface area contributed by atoms with Gasteiger partial charge in [-0.1, -0.05) is 25.7 Å². The molecule has 0 saturated heterocycles. The Kier molecular flexibility index (Phi) is 6.52. The van der Waals surface area contributed by atoms with Gasteiger partial charge >= 0.3 is 0 Å². The molecule has 0 spiro atoms. The third kappa shape index (κ3) is 4.04. The van der Waals surface area contributed by atoms with Crippen molar-refractivity contribution in [2.45, 2.75) is 77.5 Å². The van der Waals surface area contributed by atoms with E-state index in [0.29, 0.717) is 51.4 Å². The van der Waals surface area contributed by atoms with Gasteiger partial charge in [-0.05, 0) is 49.9 Å². The van der Waals surface area contributed by atoms with Crippen LogP contribution in [0.1, 0.15) is 51.4 Å². The van der Waals surface area contributed by atoms with Crippen molar-refractivity contribution in [2.24, 2.45) is 0 Å². The molecule has 10 rings (SSSR count). The van der Waals surface area contributed by atoms with Crippen LogP contribution in [0.3, 0.4) is 0 Å². The lowest BCUT2D eigenvalue weighted by Crippen LogP contribution is -2.26. The van der Waals surface area contributed by atoms with Crippen LogP contribution < -0.4 is 44.5 Å². The van der Waals surface area contributed by atoms with Crippen LogP contribution in [0.5, 0.6) is 0 Å². The van der Waals surface area contributed by atoms with E-state index in [1.54, 1.807) is 0 Å². The molecule has 12 nitrogen and oxygen atoms in total. The summed E-state index contributed by atoms with van der Waals surface area (Å²) in [4.78, 5) is 105. The molecule has 4 aromatic heterocycles. The molecule has 2 aromatic carbocycles. The molecule has 0 aliphatic carbocycles. The van der Waals surface area contributed by atoms with Gasteiger partial charge in [0.2, 0.25) is 0 Å². The van der Waals surface area contributed by atoms with Gasteiger partial charge in [0, 0.05) is 26.2 Å². The van der Waals surface area contributed by atoms with Gasteiger partial charge in [0.25, 0.3) is 44.5 Å². The Morgan fingerprint density at radius 1 is 0.273 bits per heavy atom. The first-order valence-electron chi connectivity index (χ1n) is 15.0. The van der Waals surface area contributed by atoms with Crippen molar-refractivity contribution < 1.29 is 0 Å². The van der Waals surface area contributed by atoms with E-state index in [1.807, 2.05) is 0 Å². The topological polar surface area (TPSA) is 156 Å². The summed E-state index contributed by atoms with van der Waals surface area (Å²) in [5, 5.41) is 0.928. The molecule has 6 aromatic rings. The minimum atomic E-state index is -0.495. The molecule has 224 valence electrons. The van der Waals surface area contributed by atoms with Crippen LogP contribution in [0.4, 0.5) is 0 Å². The van der Waals surface area contributed by atoms with Gasteiger partial charge in [-0.25, -0.2) is 0 Å². The van der Waals surface area contributed by atoms with E-state index in [4.69, 9.17) is 0 Å². The third-order valence-electron chi connectivity index (χ3n) is 9.15. The minimum Gasteiger partial charge on any atom is -0.274 e. The molecule has 8 heterocycles. The van der Waals surface area contributed by atoms with Gasteiger partial charge in [-0.3, -0.25) is 56.6 Å². The van der Waals surface area contributed by atoms with E-state index in [9.17, 15) is 38.4 Å². The summed E-state index contributed by atoms with van der Waals surface area (Å²) in [5.74, 6) is 0. The SMILES string of the molecule is O=c1c2cc3c(=O)n4c(=O)c3cc2c(=O)n1CCCCCCn1c(=O)c2cc3c(=O)n(c(=O)c3cc2c1=O)CCCCCC4. The van der Waals surface area contributed by atoms with Crippen molar-refractivity contribution in [3.05, 3.63) is 107 Å². The van der Waals surface area contributed by atoms with E-state index in [1.165, 1.54) is 24.3 Å². The smallest absolute Gasteiger partial charge is 0.261 e. The summed E-state index contributed by atoms with van der Waals surface area (Å²) < 4.78 is 4.51. The number of aromatic nitrogens is 4. The first kappa shape index (κ1) is 27.8. The van der Waals surface area contributed by atoms with Crippen LogP contribution in [0.2, 0.25) is 0 Å². The molecule has 4 aliphatic heterocycles. The fourth-order valence-corrected chi connectivity index (χ4v) is 6.75. The monoisotopic (exact) mass is 596 g/mol. The van der Waals surface area contributed by atoms with Gasteiger partial charge in [0.05, 0.1) is 43.1 Å². The van der Waals surface area contributed by atoms with E-state index < -0.39 is 44.5 Å². The summed E-state index contributed by atoms with van der Waals surface area (Å²) in [6.45, 7) is 0.622. The van der Waals surface area contributed by atoms with E-state index in [-0.39, 0.29) is 69.3 Å². The highest BCUT2D eigenvalue weighted by atomic mass is 16.2. The second-order valence-electron chi connectivity index (χ2n) is 11.8. The molecule has 0 saturated carbocycles. The van der Waals surface area contributed by atoms with Crippen LogP contribution in [-0.4, -0.2) is 18.3 Å². The summed E-state index contributed by atoms with van der Waals surface area (Å²) >= 11 is 0. The molecule has 0 N–H and O–H groups in total. The van der Waals surface area contributed by atoms with Crippen molar-refractivity contribution in [1.82, 2.24) is 18.3 Å². The van der Waals surface area contributed by atoms with Crippen molar-refractivity contribution in [1.29, 1.82) is 0 Å². The lowest BCUT2D eigenvalue weighted by molar-refractivity contribution is 0.525. The molecule has 44 heavy (non-hydrogen) atoms. The maximum absolute atomic E-state index is 13.1. The normalized spacial score (nSPS) is 15.8. The Balaban J connectivity index is 1.24. The second-order valence-corrected chi connectivity index (χ2v) is 11.8. The molecule has 0 radical (unpaired) electrons. The molecule has 0 fully saturated rings. The number of benzene rings is 2. The van der Waals surface area contributed by atoms with Crippen molar-refractivity contribution in [3.63, 3.8) is 0 Å². The number of hydrogen-bond donors (Lipinski definition) is 0.